The number of esters is 1. The van der Waals surface area contributed by atoms with Gasteiger partial charge in [0.15, 0.2) is 0 Å². The molecule has 4 nitrogen and oxygen atoms in total. The summed E-state index contributed by atoms with van der Waals surface area (Å²) >= 11 is 2.05. The van der Waals surface area contributed by atoms with E-state index in [-0.39, 0.29) is 18.1 Å². The first kappa shape index (κ1) is 22.9. The second kappa shape index (κ2) is 10.3. The average Bonchev–Trinajstić information content (AvgIpc) is 2.49. The van der Waals surface area contributed by atoms with Gasteiger partial charge in [-0.1, -0.05) is 36.9 Å². The Balaban J connectivity index is 2.84. The summed E-state index contributed by atoms with van der Waals surface area (Å²) in [6.45, 7) is 12.8. The number of carbonyl (C=O) groups is 1. The topological polar surface area (TPSA) is 56.5 Å². The van der Waals surface area contributed by atoms with Gasteiger partial charge in [-0.25, -0.2) is 4.79 Å². The summed E-state index contributed by atoms with van der Waals surface area (Å²) in [5.41, 5.74) is 1.88. The minimum atomic E-state index is -1.74. The lowest BCUT2D eigenvalue weighted by Crippen LogP contribution is -2.41. The predicted octanol–water partition coefficient (Wildman–Crippen LogP) is 5.27. The Labute approximate surface area is 170 Å². The Morgan fingerprint density at radius 2 is 1.92 bits per heavy atom. The lowest BCUT2D eigenvalue weighted by molar-refractivity contribution is -0.143. The summed E-state index contributed by atoms with van der Waals surface area (Å²) < 4.78 is 11.7. The Kier molecular flexibility index (Phi) is 9.02. The lowest BCUT2D eigenvalue weighted by atomic mass is 10.1. The Morgan fingerprint density at radius 1 is 1.27 bits per heavy atom. The second-order valence-electron chi connectivity index (χ2n) is 7.81. The first-order valence-electron chi connectivity index (χ1n) is 8.77. The van der Waals surface area contributed by atoms with E-state index in [0.717, 1.165) is 16.4 Å². The number of hydrogen-bond donors (Lipinski definition) is 0. The van der Waals surface area contributed by atoms with Crippen molar-refractivity contribution in [2.24, 2.45) is 0 Å². The van der Waals surface area contributed by atoms with Crippen LogP contribution < -0.4 is 5.63 Å². The molecule has 0 amide bonds. The number of hydrogen-bond acceptors (Lipinski definition) is 4. The molecule has 0 spiro atoms. The fourth-order valence-electron chi connectivity index (χ4n) is 2.26. The van der Waals surface area contributed by atoms with E-state index >= 15 is 0 Å². The van der Waals surface area contributed by atoms with Gasteiger partial charge in [-0.15, -0.1) is 0 Å². The Morgan fingerprint density at radius 3 is 2.50 bits per heavy atom. The van der Waals surface area contributed by atoms with Gasteiger partial charge >= 0.3 is 11.6 Å². The highest BCUT2D eigenvalue weighted by Gasteiger charge is 2.29. The van der Waals surface area contributed by atoms with Crippen molar-refractivity contribution >= 4 is 36.6 Å². The standard InChI is InChI=1S/C20H29IO4Si/c1-14(2)8-7-9-15(3)12-20(26(4,5)6)25-19(23)13-17-16(21)10-11-18(22)24-17/h8,10-12,20H,7,9,13H2,1-6H3/t20-/m0/s1. The molecule has 1 aromatic rings. The van der Waals surface area contributed by atoms with Crippen molar-refractivity contribution in [1.82, 2.24) is 0 Å². The zero-order chi connectivity index (χ0) is 19.9. The smallest absolute Gasteiger partial charge is 0.335 e. The predicted molar refractivity (Wildman–Crippen MR) is 117 cm³/mol. The van der Waals surface area contributed by atoms with E-state index < -0.39 is 13.7 Å². The Hall–Kier alpha value is -1.15. The maximum atomic E-state index is 12.4. The van der Waals surface area contributed by atoms with Crippen LogP contribution in [0.2, 0.25) is 19.6 Å². The third-order valence-corrected chi connectivity index (χ3v) is 6.75. The quantitative estimate of drug-likeness (QED) is 0.217. The molecule has 0 aliphatic carbocycles. The van der Waals surface area contributed by atoms with Crippen LogP contribution >= 0.6 is 22.6 Å². The molecule has 1 aromatic heterocycles. The van der Waals surface area contributed by atoms with E-state index in [2.05, 4.69) is 75.2 Å². The molecule has 0 bridgehead atoms. The third kappa shape index (κ3) is 8.49. The van der Waals surface area contributed by atoms with E-state index in [1.807, 2.05) is 0 Å². The van der Waals surface area contributed by atoms with Crippen molar-refractivity contribution in [2.45, 2.75) is 65.4 Å². The maximum Gasteiger partial charge on any atom is 0.335 e. The van der Waals surface area contributed by atoms with Crippen LogP contribution in [0.5, 0.6) is 0 Å². The van der Waals surface area contributed by atoms with Crippen LogP contribution in [-0.2, 0) is 16.0 Å². The summed E-state index contributed by atoms with van der Waals surface area (Å²) in [5.74, 6) is -0.000255. The van der Waals surface area contributed by atoms with Gasteiger partial charge in [0.05, 0.1) is 11.6 Å². The fourth-order valence-corrected chi connectivity index (χ4v) is 4.01. The molecule has 1 rings (SSSR count). The molecule has 0 unspecified atom stereocenters. The summed E-state index contributed by atoms with van der Waals surface area (Å²) in [4.78, 5) is 23.8. The molecule has 0 saturated carbocycles. The first-order valence-corrected chi connectivity index (χ1v) is 13.4. The normalized spacial score (nSPS) is 13.3. The van der Waals surface area contributed by atoms with Gasteiger partial charge in [0.1, 0.15) is 17.9 Å². The number of allylic oxidation sites excluding steroid dienone is 3. The molecular formula is C20H29IO4Si. The molecule has 0 fully saturated rings. The third-order valence-electron chi connectivity index (χ3n) is 3.80. The molecule has 144 valence electrons. The van der Waals surface area contributed by atoms with Crippen LogP contribution in [0.3, 0.4) is 0 Å². The van der Waals surface area contributed by atoms with E-state index in [4.69, 9.17) is 9.15 Å². The van der Waals surface area contributed by atoms with Crippen molar-refractivity contribution in [1.29, 1.82) is 0 Å². The van der Waals surface area contributed by atoms with Gasteiger partial charge in [-0.05, 0) is 68.3 Å². The van der Waals surface area contributed by atoms with Crippen LogP contribution in [0.1, 0.15) is 39.4 Å². The molecule has 1 heterocycles. The fraction of sp³-hybridized carbons (Fsp3) is 0.500. The van der Waals surface area contributed by atoms with Gasteiger partial charge < -0.3 is 9.15 Å². The highest BCUT2D eigenvalue weighted by molar-refractivity contribution is 14.1. The van der Waals surface area contributed by atoms with Gasteiger partial charge in [0.25, 0.3) is 0 Å². The number of ether oxygens (including phenoxy) is 1. The summed E-state index contributed by atoms with van der Waals surface area (Å²) in [6, 6.07) is 3.00. The molecule has 1 atom stereocenters. The second-order valence-corrected chi connectivity index (χ2v) is 14.3. The van der Waals surface area contributed by atoms with Crippen LogP contribution in [0, 0.1) is 3.57 Å². The van der Waals surface area contributed by atoms with E-state index in [1.165, 1.54) is 17.2 Å². The van der Waals surface area contributed by atoms with Crippen molar-refractivity contribution in [3.63, 3.8) is 0 Å². The highest BCUT2D eigenvalue weighted by atomic mass is 127. The molecule has 0 aliphatic heterocycles. The summed E-state index contributed by atoms with van der Waals surface area (Å²) in [7, 11) is -1.74. The summed E-state index contributed by atoms with van der Waals surface area (Å²) in [6.07, 6.45) is 6.22. The molecule has 0 radical (unpaired) electrons. The largest absolute Gasteiger partial charge is 0.462 e. The van der Waals surface area contributed by atoms with Gasteiger partial charge in [0, 0.05) is 6.07 Å². The molecule has 26 heavy (non-hydrogen) atoms. The molecular weight excluding hydrogens is 459 g/mol. The van der Waals surface area contributed by atoms with Crippen LogP contribution in [0.4, 0.5) is 0 Å². The van der Waals surface area contributed by atoms with Crippen molar-refractivity contribution in [2.75, 3.05) is 0 Å². The van der Waals surface area contributed by atoms with Crippen LogP contribution in [0.15, 0.2) is 44.6 Å². The Bertz CT molecular complexity index is 737. The van der Waals surface area contributed by atoms with Crippen molar-refractivity contribution < 1.29 is 13.9 Å². The van der Waals surface area contributed by atoms with E-state index in [0.29, 0.717) is 5.76 Å². The molecule has 0 aromatic carbocycles. The molecule has 0 N–H and O–H groups in total. The van der Waals surface area contributed by atoms with Crippen molar-refractivity contribution in [3.8, 4) is 0 Å². The maximum absolute atomic E-state index is 12.4. The van der Waals surface area contributed by atoms with Crippen LogP contribution in [-0.4, -0.2) is 19.8 Å². The number of carbonyl (C=O) groups excluding carboxylic acids is 1. The van der Waals surface area contributed by atoms with Gasteiger partial charge in [0.2, 0.25) is 0 Å². The average molecular weight is 488 g/mol. The molecule has 6 heteroatoms. The van der Waals surface area contributed by atoms with E-state index in [1.54, 1.807) is 6.07 Å². The molecule has 0 saturated heterocycles. The van der Waals surface area contributed by atoms with Gasteiger partial charge in [-0.2, -0.15) is 0 Å². The monoisotopic (exact) mass is 488 g/mol. The first-order chi connectivity index (χ1) is 12.0. The molecule has 0 aliphatic rings. The number of rotatable bonds is 8. The zero-order valence-electron chi connectivity index (χ0n) is 16.5. The SMILES string of the molecule is CC(C)=CCCC(C)=C[C@@H](OC(=O)Cc1oc(=O)ccc1I)[Si](C)(C)C. The minimum Gasteiger partial charge on any atom is -0.462 e. The lowest BCUT2D eigenvalue weighted by Gasteiger charge is -2.27. The highest BCUT2D eigenvalue weighted by Crippen LogP contribution is 2.19. The van der Waals surface area contributed by atoms with Crippen molar-refractivity contribution in [3.05, 3.63) is 55.2 Å². The minimum absolute atomic E-state index is 0.0278. The zero-order valence-corrected chi connectivity index (χ0v) is 19.7. The number of halogens is 1. The van der Waals surface area contributed by atoms with Gasteiger partial charge in [-0.3, -0.25) is 4.79 Å². The summed E-state index contributed by atoms with van der Waals surface area (Å²) in [5, 5.41) is 0. The van der Waals surface area contributed by atoms with Crippen LogP contribution in [0.25, 0.3) is 0 Å². The van der Waals surface area contributed by atoms with E-state index in [9.17, 15) is 9.59 Å².